The first kappa shape index (κ1) is 35.7. The Morgan fingerprint density at radius 3 is 2.13 bits per heavy atom. The molecule has 0 aromatic heterocycles. The van der Waals surface area contributed by atoms with Crippen LogP contribution in [0.25, 0.3) is 0 Å². The van der Waals surface area contributed by atoms with E-state index >= 15 is 0 Å². The molecule has 0 radical (unpaired) electrons. The highest BCUT2D eigenvalue weighted by Crippen LogP contribution is 2.55. The molecule has 3 saturated heterocycles. The molecule has 54 heavy (non-hydrogen) atoms. The monoisotopic (exact) mass is 733 g/mol. The molecule has 4 saturated carbocycles. The topological polar surface area (TPSA) is 115 Å². The van der Waals surface area contributed by atoms with Gasteiger partial charge in [-0.15, -0.1) is 0 Å². The second kappa shape index (κ2) is 14.6. The first-order valence-electron chi connectivity index (χ1n) is 20.3. The standard InChI is InChI=1S/C44H55N5O5/c1-29-38(26-48-17-15-44(16-18-48)41(51)46-28-49(44)37-5-3-2-4-6-37)53-40(54-39(29)35-11-9-31(27-50)10-12-35)36-13-7-30(8-14-36)25-45-42(52)47-43-22-32-19-33(23-43)21-34(20-32)24-43/h2-14,29,32-34,38-40,50H,15-28H2,1H3,(H,46,51)(H2,45,47,52)/t29-,32?,33?,34?,38+,39+,40+,43?/m1/s1. The number of likely N-dealkylation sites (tertiary alicyclic amines) is 1. The Morgan fingerprint density at radius 1 is 0.852 bits per heavy atom. The molecule has 286 valence electrons. The molecule has 4 N–H and O–H groups in total. The number of urea groups is 1. The number of piperidine rings is 1. The molecule has 3 aromatic rings. The molecule has 4 bridgehead atoms. The molecule has 10 heteroatoms. The third-order valence-corrected chi connectivity index (χ3v) is 13.8. The number of aliphatic hydroxyl groups is 1. The van der Waals surface area contributed by atoms with Crippen molar-refractivity contribution in [2.45, 2.75) is 101 Å². The average molecular weight is 734 g/mol. The Hall–Kier alpha value is -3.96. The summed E-state index contributed by atoms with van der Waals surface area (Å²) in [5.74, 6) is 2.54. The van der Waals surface area contributed by atoms with Gasteiger partial charge in [0.1, 0.15) is 5.54 Å². The molecule has 3 aliphatic heterocycles. The second-order valence-corrected chi connectivity index (χ2v) is 17.3. The number of nitrogens with zero attached hydrogens (tertiary/aromatic N) is 2. The zero-order chi connectivity index (χ0) is 36.9. The quantitative estimate of drug-likeness (QED) is 0.208. The predicted molar refractivity (Wildman–Crippen MR) is 206 cm³/mol. The Kier molecular flexibility index (Phi) is 9.66. The van der Waals surface area contributed by atoms with E-state index in [4.69, 9.17) is 9.47 Å². The van der Waals surface area contributed by atoms with Crippen molar-refractivity contribution in [2.24, 2.45) is 23.7 Å². The van der Waals surface area contributed by atoms with Crippen molar-refractivity contribution in [3.05, 3.63) is 101 Å². The van der Waals surface area contributed by atoms with E-state index in [1.807, 2.05) is 30.3 Å². The largest absolute Gasteiger partial charge is 0.392 e. The van der Waals surface area contributed by atoms with Crippen LogP contribution in [0.2, 0.25) is 0 Å². The molecule has 3 amide bonds. The highest BCUT2D eigenvalue weighted by Gasteiger charge is 2.52. The van der Waals surface area contributed by atoms with E-state index in [9.17, 15) is 14.7 Å². The van der Waals surface area contributed by atoms with Gasteiger partial charge < -0.3 is 40.3 Å². The maximum Gasteiger partial charge on any atom is 0.315 e. The van der Waals surface area contributed by atoms with Gasteiger partial charge >= 0.3 is 6.03 Å². The molecule has 7 fully saturated rings. The van der Waals surface area contributed by atoms with E-state index in [2.05, 4.69) is 81.2 Å². The number of para-hydroxylation sites is 1. The van der Waals surface area contributed by atoms with Crippen molar-refractivity contribution < 1.29 is 24.2 Å². The fourth-order valence-electron chi connectivity index (χ4n) is 11.2. The number of carbonyl (C=O) groups is 2. The molecule has 10 rings (SSSR count). The minimum absolute atomic E-state index is 0.00295. The summed E-state index contributed by atoms with van der Waals surface area (Å²) in [6.07, 6.45) is 8.07. The van der Waals surface area contributed by atoms with Crippen LogP contribution in [0.5, 0.6) is 0 Å². The van der Waals surface area contributed by atoms with E-state index in [0.717, 1.165) is 97.4 Å². The molecular weight excluding hydrogens is 679 g/mol. The first-order chi connectivity index (χ1) is 26.3. The number of aliphatic hydroxyl groups excluding tert-OH is 1. The summed E-state index contributed by atoms with van der Waals surface area (Å²) in [6, 6.07) is 26.4. The summed E-state index contributed by atoms with van der Waals surface area (Å²) < 4.78 is 13.6. The fourth-order valence-corrected chi connectivity index (χ4v) is 11.2. The molecule has 3 aromatic carbocycles. The van der Waals surface area contributed by atoms with Gasteiger partial charge in [0.05, 0.1) is 25.5 Å². The van der Waals surface area contributed by atoms with Gasteiger partial charge in [0, 0.05) is 48.9 Å². The van der Waals surface area contributed by atoms with Gasteiger partial charge in [-0.2, -0.15) is 0 Å². The van der Waals surface area contributed by atoms with Crippen LogP contribution >= 0.6 is 0 Å². The van der Waals surface area contributed by atoms with Crippen molar-refractivity contribution in [2.75, 3.05) is 31.2 Å². The lowest BCUT2D eigenvalue weighted by Crippen LogP contribution is -2.61. The Labute approximate surface area is 319 Å². The van der Waals surface area contributed by atoms with Crippen LogP contribution in [0.3, 0.4) is 0 Å². The van der Waals surface area contributed by atoms with Crippen LogP contribution in [0.15, 0.2) is 78.9 Å². The molecule has 7 aliphatic rings. The van der Waals surface area contributed by atoms with Gasteiger partial charge in [-0.25, -0.2) is 4.79 Å². The van der Waals surface area contributed by atoms with Crippen molar-refractivity contribution >= 4 is 17.6 Å². The Morgan fingerprint density at radius 2 is 1.48 bits per heavy atom. The van der Waals surface area contributed by atoms with Gasteiger partial charge in [-0.1, -0.05) is 73.7 Å². The van der Waals surface area contributed by atoms with Crippen LogP contribution in [0.1, 0.15) is 92.9 Å². The molecule has 0 unspecified atom stereocenters. The molecule has 10 nitrogen and oxygen atoms in total. The predicted octanol–water partition coefficient (Wildman–Crippen LogP) is 6.17. The van der Waals surface area contributed by atoms with Crippen LogP contribution in [0.4, 0.5) is 10.5 Å². The molecule has 4 aliphatic carbocycles. The summed E-state index contributed by atoms with van der Waals surface area (Å²) in [5, 5.41) is 19.4. The summed E-state index contributed by atoms with van der Waals surface area (Å²) in [6.45, 7) is 5.51. The van der Waals surface area contributed by atoms with Crippen molar-refractivity contribution in [1.29, 1.82) is 0 Å². The van der Waals surface area contributed by atoms with Crippen LogP contribution in [-0.2, 0) is 27.4 Å². The summed E-state index contributed by atoms with van der Waals surface area (Å²) in [7, 11) is 0. The SMILES string of the molecule is C[C@@H]1[C@H](CN2CCC3(CC2)C(=O)NCN3c2ccccc2)O[C@H](c2ccc(CNC(=O)NC34CC5CC(CC(C5)C3)C4)cc2)O[C@@H]1c1ccc(CO)cc1. The van der Waals surface area contributed by atoms with E-state index in [0.29, 0.717) is 13.2 Å². The molecular formula is C44H55N5O5. The van der Waals surface area contributed by atoms with E-state index in [1.165, 1.54) is 19.3 Å². The number of hydrogen-bond donors (Lipinski definition) is 4. The zero-order valence-electron chi connectivity index (χ0n) is 31.4. The number of nitrogens with one attached hydrogen (secondary N) is 3. The molecule has 1 spiro atoms. The van der Waals surface area contributed by atoms with E-state index in [1.54, 1.807) is 0 Å². The van der Waals surface area contributed by atoms with Gasteiger partial charge in [0.15, 0.2) is 6.29 Å². The Bertz CT molecular complexity index is 1760. The van der Waals surface area contributed by atoms with Gasteiger partial charge in [0.25, 0.3) is 0 Å². The summed E-state index contributed by atoms with van der Waals surface area (Å²) in [5.41, 5.74) is 4.41. The van der Waals surface area contributed by atoms with Gasteiger partial charge in [-0.05, 0) is 97.9 Å². The number of amides is 3. The third kappa shape index (κ3) is 6.91. The van der Waals surface area contributed by atoms with Crippen molar-refractivity contribution in [1.82, 2.24) is 20.9 Å². The number of benzene rings is 3. The van der Waals surface area contributed by atoms with Crippen molar-refractivity contribution in [3.8, 4) is 0 Å². The minimum Gasteiger partial charge on any atom is -0.392 e. The number of anilines is 1. The normalized spacial score (nSPS) is 32.8. The fraction of sp³-hybridized carbons (Fsp3) is 0.545. The Balaban J connectivity index is 0.862. The number of hydrogen-bond acceptors (Lipinski definition) is 7. The average Bonchev–Trinajstić information content (AvgIpc) is 3.49. The number of carbonyl (C=O) groups excluding carboxylic acids is 2. The van der Waals surface area contributed by atoms with Crippen LogP contribution in [-0.4, -0.2) is 65.4 Å². The van der Waals surface area contributed by atoms with Gasteiger partial charge in [-0.3, -0.25) is 4.79 Å². The second-order valence-electron chi connectivity index (χ2n) is 17.3. The summed E-state index contributed by atoms with van der Waals surface area (Å²) >= 11 is 0. The lowest BCUT2D eigenvalue weighted by Gasteiger charge is -2.56. The first-order valence-corrected chi connectivity index (χ1v) is 20.3. The van der Waals surface area contributed by atoms with Crippen LogP contribution in [0, 0.1) is 23.7 Å². The van der Waals surface area contributed by atoms with E-state index < -0.39 is 11.8 Å². The van der Waals surface area contributed by atoms with Crippen molar-refractivity contribution in [3.63, 3.8) is 0 Å². The lowest BCUT2D eigenvalue weighted by molar-refractivity contribution is -0.276. The number of rotatable bonds is 9. The molecule has 3 heterocycles. The number of ether oxygens (including phenoxy) is 2. The molecule has 4 atom stereocenters. The highest BCUT2D eigenvalue weighted by molar-refractivity contribution is 5.93. The highest BCUT2D eigenvalue weighted by atomic mass is 16.7. The smallest absolute Gasteiger partial charge is 0.315 e. The maximum atomic E-state index is 13.3. The van der Waals surface area contributed by atoms with Crippen LogP contribution < -0.4 is 20.9 Å². The minimum atomic E-state index is -0.569. The van der Waals surface area contributed by atoms with E-state index in [-0.39, 0.29) is 42.2 Å². The zero-order valence-corrected chi connectivity index (χ0v) is 31.4. The maximum absolute atomic E-state index is 13.3. The third-order valence-electron chi connectivity index (χ3n) is 13.8. The van der Waals surface area contributed by atoms with Gasteiger partial charge in [0.2, 0.25) is 5.91 Å². The lowest BCUT2D eigenvalue weighted by atomic mass is 9.53. The summed E-state index contributed by atoms with van der Waals surface area (Å²) in [4.78, 5) is 31.1.